The second kappa shape index (κ2) is 7.47. The molecule has 4 nitrogen and oxygen atoms in total. The first-order valence-corrected chi connectivity index (χ1v) is 20.5. The van der Waals surface area contributed by atoms with Crippen LogP contribution in [0.3, 0.4) is 0 Å². The molecule has 4 bridgehead atoms. The molecule has 186 valence electrons. The quantitative estimate of drug-likeness (QED) is 0.432. The van der Waals surface area contributed by atoms with E-state index in [1.54, 1.807) is 0 Å². The molecule has 33 heavy (non-hydrogen) atoms. The van der Waals surface area contributed by atoms with Crippen LogP contribution in [0.4, 0.5) is 0 Å². The monoisotopic (exact) mass is 506 g/mol. The molecule has 2 unspecified atom stereocenters. The van der Waals surface area contributed by atoms with Gasteiger partial charge in [-0.2, -0.15) is 0 Å². The van der Waals surface area contributed by atoms with E-state index in [4.69, 9.17) is 13.3 Å². The normalized spacial score (nSPS) is 24.5. The van der Waals surface area contributed by atoms with E-state index in [0.717, 1.165) is 34.7 Å². The van der Waals surface area contributed by atoms with E-state index < -0.39 is 25.0 Å². The van der Waals surface area contributed by atoms with Crippen LogP contribution in [0.5, 0.6) is 11.5 Å². The molecule has 0 saturated heterocycles. The predicted octanol–water partition coefficient (Wildman–Crippen LogP) is 6.60. The molecule has 7 heteroatoms. The van der Waals surface area contributed by atoms with Gasteiger partial charge in [0.25, 0.3) is 25.0 Å². The van der Waals surface area contributed by atoms with Gasteiger partial charge in [0.2, 0.25) is 0 Å². The van der Waals surface area contributed by atoms with E-state index in [2.05, 4.69) is 88.5 Å². The Hall–Kier alpha value is -1.06. The summed E-state index contributed by atoms with van der Waals surface area (Å²) in [7, 11) is -7.03. The lowest BCUT2D eigenvalue weighted by Crippen LogP contribution is -2.62. The Morgan fingerprint density at radius 1 is 0.818 bits per heavy atom. The van der Waals surface area contributed by atoms with Gasteiger partial charge in [-0.1, -0.05) is 62.3 Å². The molecule has 3 rings (SSSR count). The average Bonchev–Trinajstić information content (AvgIpc) is 2.87. The molecule has 1 aromatic carbocycles. The number of carbonyl (C=O) groups is 1. The third-order valence-electron chi connectivity index (χ3n) is 7.45. The Kier molecular flexibility index (Phi) is 6.01. The molecule has 2 aliphatic rings. The Bertz CT molecular complexity index is 995. The van der Waals surface area contributed by atoms with Crippen molar-refractivity contribution in [1.82, 2.24) is 0 Å². The minimum atomic E-state index is -2.43. The van der Waals surface area contributed by atoms with Gasteiger partial charge in [-0.25, -0.2) is 4.79 Å². The second-order valence-corrected chi connectivity index (χ2v) is 26.5. The van der Waals surface area contributed by atoms with Gasteiger partial charge >= 0.3 is 5.97 Å². The van der Waals surface area contributed by atoms with Gasteiger partial charge in [-0.05, 0) is 61.1 Å². The maximum Gasteiger partial charge on any atom is 0.325 e. The van der Waals surface area contributed by atoms with Gasteiger partial charge in [0.05, 0.1) is 5.56 Å². The molecule has 0 radical (unpaired) electrons. The molecule has 0 spiro atoms. The topological polar surface area (TPSA) is 44.8 Å². The van der Waals surface area contributed by atoms with Gasteiger partial charge in [0.15, 0.2) is 0 Å². The average molecular weight is 507 g/mol. The highest BCUT2D eigenvalue weighted by Crippen LogP contribution is 2.50. The summed E-state index contributed by atoms with van der Waals surface area (Å²) >= 11 is 0. The van der Waals surface area contributed by atoms with Crippen LogP contribution >= 0.6 is 0 Å². The molecule has 0 N–H and O–H groups in total. The minimum absolute atomic E-state index is 0.0443. The summed E-state index contributed by atoms with van der Waals surface area (Å²) < 4.78 is 20.1. The van der Waals surface area contributed by atoms with Crippen LogP contribution in [-0.4, -0.2) is 30.9 Å². The number of carbonyl (C=O) groups excluding carboxylic acids is 1. The van der Waals surface area contributed by atoms with Gasteiger partial charge < -0.3 is 13.3 Å². The number of rotatable bonds is 4. The summed E-state index contributed by atoms with van der Waals surface area (Å²) in [6.07, 6.45) is 0. The molecule has 1 aromatic rings. The molecule has 0 fully saturated rings. The van der Waals surface area contributed by atoms with Gasteiger partial charge in [0.1, 0.15) is 11.5 Å². The zero-order valence-electron chi connectivity index (χ0n) is 23.5. The van der Waals surface area contributed by atoms with E-state index in [-0.39, 0.29) is 21.8 Å². The zero-order chi connectivity index (χ0) is 25.6. The first-order valence-electron chi connectivity index (χ1n) is 12.3. The van der Waals surface area contributed by atoms with Crippen molar-refractivity contribution in [2.45, 2.75) is 113 Å². The van der Waals surface area contributed by atoms with Crippen LogP contribution in [-0.2, 0) is 4.43 Å². The largest absolute Gasteiger partial charge is 0.537 e. The number of hydrogen-bond donors (Lipinski definition) is 0. The van der Waals surface area contributed by atoms with Crippen molar-refractivity contribution < 1.29 is 18.1 Å². The van der Waals surface area contributed by atoms with Gasteiger partial charge in [-0.3, -0.25) is 0 Å². The highest BCUT2D eigenvalue weighted by molar-refractivity contribution is 7.00. The molecule has 0 saturated carbocycles. The van der Waals surface area contributed by atoms with Crippen molar-refractivity contribution in [1.29, 1.82) is 0 Å². The molecule has 0 aromatic heterocycles. The van der Waals surface area contributed by atoms with Crippen LogP contribution in [0.2, 0.25) is 43.3 Å². The Morgan fingerprint density at radius 2 is 1.24 bits per heavy atom. The third kappa shape index (κ3) is 4.61. The second-order valence-electron chi connectivity index (χ2n) is 14.7. The number of benzene rings is 1. The summed E-state index contributed by atoms with van der Waals surface area (Å²) in [5.41, 5.74) is 1.91. The fourth-order valence-corrected chi connectivity index (χ4v) is 17.0. The van der Waals surface area contributed by atoms with E-state index in [1.165, 1.54) is 10.4 Å². The van der Waals surface area contributed by atoms with Crippen molar-refractivity contribution >= 4 is 41.3 Å². The summed E-state index contributed by atoms with van der Waals surface area (Å²) in [4.78, 5) is 14.0. The van der Waals surface area contributed by atoms with E-state index >= 15 is 0 Å². The van der Waals surface area contributed by atoms with E-state index in [0.29, 0.717) is 0 Å². The first-order chi connectivity index (χ1) is 14.5. The highest BCUT2D eigenvalue weighted by atomic mass is 28.4. The summed E-state index contributed by atoms with van der Waals surface area (Å²) in [6, 6.07) is 1.95. The van der Waals surface area contributed by atoms with Crippen LogP contribution in [0.15, 0.2) is 0 Å². The smallest absolute Gasteiger partial charge is 0.325 e. The molecular weight excluding hydrogens is 461 g/mol. The molecule has 2 atom stereocenters. The van der Waals surface area contributed by atoms with Crippen LogP contribution in [0, 0.1) is 17.8 Å². The van der Waals surface area contributed by atoms with Crippen molar-refractivity contribution in [3.63, 3.8) is 0 Å². The summed E-state index contributed by atoms with van der Waals surface area (Å²) in [6.45, 7) is 31.1. The standard InChI is InChI=1S/C26H46O4Si3/c1-17-18(23(27)30-31(11,12)26(8,9)10)21-22-20(29-32(21,13)15-24(2,3)4)19(17)28-33(22,14)16-25(5,6)7/h15-16H2,1-14H3. The minimum Gasteiger partial charge on any atom is -0.537 e. The highest BCUT2D eigenvalue weighted by Gasteiger charge is 2.60. The SMILES string of the molecule is Cc1c2c3c(c(c1C(=O)O[Si](C)(C)C(C)(C)C)[Si](C)(CC(C)(C)C)O3)[Si](C)(CC(C)(C)C)O2. The molecule has 0 amide bonds. The van der Waals surface area contributed by atoms with E-state index in [9.17, 15) is 4.79 Å². The van der Waals surface area contributed by atoms with Crippen molar-refractivity contribution in [3.05, 3.63) is 11.1 Å². The van der Waals surface area contributed by atoms with E-state index in [1.807, 2.05) is 6.92 Å². The van der Waals surface area contributed by atoms with Crippen molar-refractivity contribution in [2.75, 3.05) is 0 Å². The van der Waals surface area contributed by atoms with Crippen LogP contribution in [0.1, 0.15) is 78.2 Å². The molecule has 2 aliphatic heterocycles. The lowest BCUT2D eigenvalue weighted by atomic mass is 10.0. The van der Waals surface area contributed by atoms with Gasteiger partial charge in [0, 0.05) is 15.9 Å². The Balaban J connectivity index is 2.25. The van der Waals surface area contributed by atoms with Crippen molar-refractivity contribution in [3.8, 4) is 11.5 Å². The summed E-state index contributed by atoms with van der Waals surface area (Å²) in [5, 5.41) is 2.41. The maximum atomic E-state index is 14.0. The van der Waals surface area contributed by atoms with Crippen LogP contribution in [0.25, 0.3) is 0 Å². The van der Waals surface area contributed by atoms with Gasteiger partial charge in [-0.15, -0.1) is 0 Å². The molecule has 2 heterocycles. The Labute approximate surface area is 205 Å². The summed E-state index contributed by atoms with van der Waals surface area (Å²) in [5.74, 6) is 1.61. The number of hydrogen-bond acceptors (Lipinski definition) is 4. The third-order valence-corrected chi connectivity index (χ3v) is 19.9. The predicted molar refractivity (Wildman–Crippen MR) is 146 cm³/mol. The lowest BCUT2D eigenvalue weighted by molar-refractivity contribution is 0.0713. The fourth-order valence-electron chi connectivity index (χ4n) is 5.59. The maximum absolute atomic E-state index is 14.0. The van der Waals surface area contributed by atoms with Crippen LogP contribution < -0.4 is 19.2 Å². The fraction of sp³-hybridized carbons (Fsp3) is 0.731. The Morgan fingerprint density at radius 3 is 1.67 bits per heavy atom. The lowest BCUT2D eigenvalue weighted by Gasteiger charge is -2.36. The molecule has 0 aliphatic carbocycles. The molecular formula is C26H46O4Si3. The first kappa shape index (κ1) is 26.5. The zero-order valence-corrected chi connectivity index (χ0v) is 26.5. The van der Waals surface area contributed by atoms with Crippen molar-refractivity contribution in [2.24, 2.45) is 10.8 Å².